The van der Waals surface area contributed by atoms with Crippen molar-refractivity contribution in [1.29, 1.82) is 0 Å². The number of piperazine rings is 1. The predicted octanol–water partition coefficient (Wildman–Crippen LogP) is 2.78. The SMILES string of the molecule is CC(C(=O)N1CCN(Cc2ccccc2)CC1)N1CCc2ccccc2C1. The molecular formula is C23H29N3O. The number of carbonyl (C=O) groups excluding carboxylic acids is 1. The monoisotopic (exact) mass is 363 g/mol. The van der Waals surface area contributed by atoms with Gasteiger partial charge < -0.3 is 4.90 Å². The van der Waals surface area contributed by atoms with Crippen LogP contribution in [0.25, 0.3) is 0 Å². The Hall–Kier alpha value is -2.17. The van der Waals surface area contributed by atoms with E-state index in [1.54, 1.807) is 0 Å². The average Bonchev–Trinajstić information content (AvgIpc) is 2.73. The lowest BCUT2D eigenvalue weighted by molar-refractivity contribution is -0.138. The number of hydrogen-bond acceptors (Lipinski definition) is 3. The molecular weight excluding hydrogens is 334 g/mol. The second kappa shape index (κ2) is 8.24. The van der Waals surface area contributed by atoms with Crippen molar-refractivity contribution in [1.82, 2.24) is 14.7 Å². The molecule has 2 aliphatic rings. The summed E-state index contributed by atoms with van der Waals surface area (Å²) in [6, 6.07) is 19.2. The molecule has 1 fully saturated rings. The molecule has 0 aromatic heterocycles. The van der Waals surface area contributed by atoms with Crippen LogP contribution in [0.2, 0.25) is 0 Å². The van der Waals surface area contributed by atoms with Crippen molar-refractivity contribution in [3.8, 4) is 0 Å². The topological polar surface area (TPSA) is 26.8 Å². The largest absolute Gasteiger partial charge is 0.339 e. The normalized spacial score (nSPS) is 19.5. The molecule has 142 valence electrons. The lowest BCUT2D eigenvalue weighted by Crippen LogP contribution is -2.54. The van der Waals surface area contributed by atoms with Crippen LogP contribution in [0.1, 0.15) is 23.6 Å². The first-order chi connectivity index (χ1) is 13.2. The highest BCUT2D eigenvalue weighted by Crippen LogP contribution is 2.21. The molecule has 0 spiro atoms. The summed E-state index contributed by atoms with van der Waals surface area (Å²) in [5.41, 5.74) is 4.15. The summed E-state index contributed by atoms with van der Waals surface area (Å²) in [6.07, 6.45) is 1.04. The summed E-state index contributed by atoms with van der Waals surface area (Å²) < 4.78 is 0. The minimum absolute atomic E-state index is 0.0426. The van der Waals surface area contributed by atoms with E-state index in [1.807, 2.05) is 0 Å². The Morgan fingerprint density at radius 3 is 2.30 bits per heavy atom. The molecule has 4 nitrogen and oxygen atoms in total. The fourth-order valence-electron chi connectivity index (χ4n) is 4.24. The second-order valence-corrected chi connectivity index (χ2v) is 7.75. The fraction of sp³-hybridized carbons (Fsp3) is 0.435. The van der Waals surface area contributed by atoms with Gasteiger partial charge in [0.2, 0.25) is 5.91 Å². The van der Waals surface area contributed by atoms with Crippen LogP contribution in [-0.4, -0.2) is 59.4 Å². The number of fused-ring (bicyclic) bond motifs is 1. The number of carbonyl (C=O) groups is 1. The maximum atomic E-state index is 13.0. The predicted molar refractivity (Wildman–Crippen MR) is 108 cm³/mol. The first-order valence-electron chi connectivity index (χ1n) is 10.1. The van der Waals surface area contributed by atoms with E-state index in [2.05, 4.69) is 76.2 Å². The van der Waals surface area contributed by atoms with Gasteiger partial charge in [0.05, 0.1) is 6.04 Å². The Kier molecular flexibility index (Phi) is 5.55. The van der Waals surface area contributed by atoms with Gasteiger partial charge in [-0.05, 0) is 30.0 Å². The van der Waals surface area contributed by atoms with Gasteiger partial charge in [-0.2, -0.15) is 0 Å². The molecule has 2 aromatic rings. The Morgan fingerprint density at radius 1 is 0.889 bits per heavy atom. The molecule has 1 amide bonds. The molecule has 2 aliphatic heterocycles. The third kappa shape index (κ3) is 4.23. The van der Waals surface area contributed by atoms with Crippen LogP contribution in [0.15, 0.2) is 54.6 Å². The molecule has 27 heavy (non-hydrogen) atoms. The van der Waals surface area contributed by atoms with E-state index in [-0.39, 0.29) is 11.9 Å². The van der Waals surface area contributed by atoms with Crippen molar-refractivity contribution in [2.45, 2.75) is 32.5 Å². The van der Waals surface area contributed by atoms with E-state index in [9.17, 15) is 4.79 Å². The number of rotatable bonds is 4. The van der Waals surface area contributed by atoms with Crippen molar-refractivity contribution < 1.29 is 4.79 Å². The maximum absolute atomic E-state index is 13.0. The minimum Gasteiger partial charge on any atom is -0.339 e. The number of hydrogen-bond donors (Lipinski definition) is 0. The molecule has 1 unspecified atom stereocenters. The van der Waals surface area contributed by atoms with Crippen LogP contribution in [-0.2, 0) is 24.3 Å². The van der Waals surface area contributed by atoms with E-state index < -0.39 is 0 Å². The zero-order valence-corrected chi connectivity index (χ0v) is 16.2. The molecule has 1 saturated heterocycles. The molecule has 0 N–H and O–H groups in total. The number of nitrogens with zero attached hydrogens (tertiary/aromatic N) is 3. The Bertz CT molecular complexity index is 768. The molecule has 1 atom stereocenters. The molecule has 0 saturated carbocycles. The van der Waals surface area contributed by atoms with Gasteiger partial charge in [0.15, 0.2) is 0 Å². The molecule has 2 aromatic carbocycles. The molecule has 0 aliphatic carbocycles. The lowest BCUT2D eigenvalue weighted by atomic mass is 9.98. The van der Waals surface area contributed by atoms with E-state index >= 15 is 0 Å². The smallest absolute Gasteiger partial charge is 0.239 e. The summed E-state index contributed by atoms with van der Waals surface area (Å²) in [6.45, 7) is 8.48. The Balaban J connectivity index is 1.30. The minimum atomic E-state index is -0.0426. The number of amides is 1. The van der Waals surface area contributed by atoms with E-state index in [1.165, 1.54) is 16.7 Å². The maximum Gasteiger partial charge on any atom is 0.239 e. The van der Waals surface area contributed by atoms with Crippen LogP contribution in [0.3, 0.4) is 0 Å². The van der Waals surface area contributed by atoms with Crippen LogP contribution < -0.4 is 0 Å². The van der Waals surface area contributed by atoms with Gasteiger partial charge >= 0.3 is 0 Å². The van der Waals surface area contributed by atoms with Gasteiger partial charge in [0.25, 0.3) is 0 Å². The quantitative estimate of drug-likeness (QED) is 0.836. The van der Waals surface area contributed by atoms with Crippen LogP contribution in [0.4, 0.5) is 0 Å². The molecule has 4 rings (SSSR count). The van der Waals surface area contributed by atoms with Crippen molar-refractivity contribution in [2.24, 2.45) is 0 Å². The van der Waals surface area contributed by atoms with E-state index in [0.29, 0.717) is 0 Å². The first kappa shape index (κ1) is 18.2. The van der Waals surface area contributed by atoms with Crippen molar-refractivity contribution in [3.63, 3.8) is 0 Å². The third-order valence-electron chi connectivity index (χ3n) is 6.00. The summed E-state index contributed by atoms with van der Waals surface area (Å²) in [4.78, 5) is 19.9. The summed E-state index contributed by atoms with van der Waals surface area (Å²) in [7, 11) is 0. The van der Waals surface area contributed by atoms with Crippen LogP contribution >= 0.6 is 0 Å². The standard InChI is InChI=1S/C23H29N3O/c1-19(26-12-11-21-9-5-6-10-22(21)18-26)23(27)25-15-13-24(14-16-25)17-20-7-3-2-4-8-20/h2-10,19H,11-18H2,1H3. The van der Waals surface area contributed by atoms with Gasteiger partial charge in [-0.25, -0.2) is 0 Å². The molecule has 0 radical (unpaired) electrons. The zero-order chi connectivity index (χ0) is 18.6. The molecule has 2 heterocycles. The van der Waals surface area contributed by atoms with Gasteiger partial charge in [-0.15, -0.1) is 0 Å². The van der Waals surface area contributed by atoms with Gasteiger partial charge in [0, 0.05) is 45.8 Å². The zero-order valence-electron chi connectivity index (χ0n) is 16.2. The molecule has 0 bridgehead atoms. The number of benzene rings is 2. The van der Waals surface area contributed by atoms with Gasteiger partial charge in [-0.3, -0.25) is 14.6 Å². The van der Waals surface area contributed by atoms with Crippen molar-refractivity contribution >= 4 is 5.91 Å². The van der Waals surface area contributed by atoms with Crippen molar-refractivity contribution in [3.05, 3.63) is 71.3 Å². The van der Waals surface area contributed by atoms with E-state index in [0.717, 1.165) is 52.2 Å². The molecule has 4 heteroatoms. The van der Waals surface area contributed by atoms with Gasteiger partial charge in [0.1, 0.15) is 0 Å². The van der Waals surface area contributed by atoms with Crippen LogP contribution in [0.5, 0.6) is 0 Å². The highest BCUT2D eigenvalue weighted by atomic mass is 16.2. The second-order valence-electron chi connectivity index (χ2n) is 7.75. The summed E-state index contributed by atoms with van der Waals surface area (Å²) in [5.74, 6) is 0.286. The Morgan fingerprint density at radius 2 is 1.56 bits per heavy atom. The van der Waals surface area contributed by atoms with Crippen LogP contribution in [0, 0.1) is 0 Å². The highest BCUT2D eigenvalue weighted by molar-refractivity contribution is 5.81. The first-order valence-corrected chi connectivity index (χ1v) is 10.1. The fourth-order valence-corrected chi connectivity index (χ4v) is 4.24. The van der Waals surface area contributed by atoms with Gasteiger partial charge in [-0.1, -0.05) is 54.6 Å². The van der Waals surface area contributed by atoms with E-state index in [4.69, 9.17) is 0 Å². The summed E-state index contributed by atoms with van der Waals surface area (Å²) >= 11 is 0. The summed E-state index contributed by atoms with van der Waals surface area (Å²) in [5, 5.41) is 0. The van der Waals surface area contributed by atoms with Crippen molar-refractivity contribution in [2.75, 3.05) is 32.7 Å². The average molecular weight is 364 g/mol. The lowest BCUT2D eigenvalue weighted by Gasteiger charge is -2.39. The Labute approximate surface area is 162 Å². The third-order valence-corrected chi connectivity index (χ3v) is 6.00. The highest BCUT2D eigenvalue weighted by Gasteiger charge is 2.30.